The Morgan fingerprint density at radius 3 is 2.52 bits per heavy atom. The average molecular weight is 356 g/mol. The van der Waals surface area contributed by atoms with Crippen LogP contribution in [0.4, 0.5) is 14.5 Å². The fourth-order valence-electron chi connectivity index (χ4n) is 2.13. The predicted molar refractivity (Wildman–Crippen MR) is 94.6 cm³/mol. The molecule has 0 atom stereocenters. The molecule has 0 saturated carbocycles. The smallest absolute Gasteiger partial charge is 0.255 e. The van der Waals surface area contributed by atoms with Crippen molar-refractivity contribution >= 4 is 23.4 Å². The first kappa shape index (κ1) is 17.1. The number of thioether (sulfide) groups is 1. The number of benzene rings is 2. The van der Waals surface area contributed by atoms with Crippen LogP contribution in [0.5, 0.6) is 0 Å². The Morgan fingerprint density at radius 1 is 1.04 bits per heavy atom. The van der Waals surface area contributed by atoms with Crippen LogP contribution in [0.2, 0.25) is 0 Å². The van der Waals surface area contributed by atoms with E-state index in [0.29, 0.717) is 5.69 Å². The Kier molecular flexibility index (Phi) is 5.40. The van der Waals surface area contributed by atoms with Gasteiger partial charge in [-0.3, -0.25) is 9.78 Å². The van der Waals surface area contributed by atoms with Crippen LogP contribution in [-0.4, -0.2) is 10.9 Å². The molecule has 126 valence electrons. The SMILES string of the molecule is O=C(Nc1ccc(SCc2cccnc2)cc1)c1ccc(F)c(F)c1. The van der Waals surface area contributed by atoms with Gasteiger partial charge in [-0.25, -0.2) is 8.78 Å². The van der Waals surface area contributed by atoms with E-state index < -0.39 is 17.5 Å². The largest absolute Gasteiger partial charge is 0.322 e. The third-order valence-corrected chi connectivity index (χ3v) is 4.51. The van der Waals surface area contributed by atoms with Crippen LogP contribution >= 0.6 is 11.8 Å². The zero-order valence-electron chi connectivity index (χ0n) is 13.1. The minimum absolute atomic E-state index is 0.0638. The van der Waals surface area contributed by atoms with Gasteiger partial charge in [0.25, 0.3) is 5.91 Å². The fraction of sp³-hybridized carbons (Fsp3) is 0.0526. The van der Waals surface area contributed by atoms with E-state index in [1.165, 1.54) is 6.07 Å². The molecule has 1 heterocycles. The summed E-state index contributed by atoms with van der Waals surface area (Å²) in [6.07, 6.45) is 3.56. The summed E-state index contributed by atoms with van der Waals surface area (Å²) in [6, 6.07) is 14.3. The van der Waals surface area contributed by atoms with Crippen molar-refractivity contribution in [3.8, 4) is 0 Å². The number of anilines is 1. The number of rotatable bonds is 5. The van der Waals surface area contributed by atoms with Crippen LogP contribution in [0, 0.1) is 11.6 Å². The normalized spacial score (nSPS) is 10.5. The maximum absolute atomic E-state index is 13.2. The molecule has 6 heteroatoms. The molecule has 0 aliphatic heterocycles. The van der Waals surface area contributed by atoms with Crippen LogP contribution in [0.1, 0.15) is 15.9 Å². The van der Waals surface area contributed by atoms with Gasteiger partial charge in [0.05, 0.1) is 0 Å². The summed E-state index contributed by atoms with van der Waals surface area (Å²) in [5.74, 6) is -1.72. The summed E-state index contributed by atoms with van der Waals surface area (Å²) in [5, 5.41) is 2.66. The molecule has 1 N–H and O–H groups in total. The molecule has 2 aromatic carbocycles. The van der Waals surface area contributed by atoms with Gasteiger partial charge in [-0.1, -0.05) is 6.07 Å². The van der Waals surface area contributed by atoms with Crippen molar-refractivity contribution in [3.05, 3.63) is 89.8 Å². The van der Waals surface area contributed by atoms with Gasteiger partial charge in [-0.15, -0.1) is 11.8 Å². The summed E-state index contributed by atoms with van der Waals surface area (Å²) in [7, 11) is 0. The third kappa shape index (κ3) is 4.64. The van der Waals surface area contributed by atoms with Gasteiger partial charge in [0.15, 0.2) is 11.6 Å². The molecule has 0 bridgehead atoms. The number of nitrogens with one attached hydrogen (secondary N) is 1. The molecule has 0 aliphatic rings. The molecule has 0 saturated heterocycles. The lowest BCUT2D eigenvalue weighted by molar-refractivity contribution is 0.102. The van der Waals surface area contributed by atoms with E-state index >= 15 is 0 Å². The Labute approximate surface area is 148 Å². The standard InChI is InChI=1S/C19H14F2N2OS/c20-17-8-3-14(10-18(17)21)19(24)23-15-4-6-16(7-5-15)25-12-13-2-1-9-22-11-13/h1-11H,12H2,(H,23,24). The lowest BCUT2D eigenvalue weighted by Crippen LogP contribution is -2.12. The number of hydrogen-bond acceptors (Lipinski definition) is 3. The summed E-state index contributed by atoms with van der Waals surface area (Å²) in [5.41, 5.74) is 1.78. The van der Waals surface area contributed by atoms with Gasteiger partial charge in [-0.05, 0) is 54.1 Å². The fourth-order valence-corrected chi connectivity index (χ4v) is 2.96. The van der Waals surface area contributed by atoms with E-state index in [9.17, 15) is 13.6 Å². The average Bonchev–Trinajstić information content (AvgIpc) is 2.64. The highest BCUT2D eigenvalue weighted by Gasteiger charge is 2.10. The number of pyridine rings is 1. The highest BCUT2D eigenvalue weighted by molar-refractivity contribution is 7.98. The number of hydrogen-bond donors (Lipinski definition) is 1. The van der Waals surface area contributed by atoms with E-state index in [4.69, 9.17) is 0 Å². The summed E-state index contributed by atoms with van der Waals surface area (Å²) >= 11 is 1.66. The number of amides is 1. The van der Waals surface area contributed by atoms with Gasteiger partial charge in [0.2, 0.25) is 0 Å². The highest BCUT2D eigenvalue weighted by atomic mass is 32.2. The molecule has 0 aliphatic carbocycles. The van der Waals surface area contributed by atoms with Gasteiger partial charge in [-0.2, -0.15) is 0 Å². The molecule has 3 nitrogen and oxygen atoms in total. The van der Waals surface area contributed by atoms with Crippen LogP contribution in [-0.2, 0) is 5.75 Å². The van der Waals surface area contributed by atoms with Crippen molar-refractivity contribution in [3.63, 3.8) is 0 Å². The first-order valence-electron chi connectivity index (χ1n) is 7.50. The lowest BCUT2D eigenvalue weighted by atomic mass is 10.2. The molecule has 3 rings (SSSR count). The first-order valence-corrected chi connectivity index (χ1v) is 8.48. The van der Waals surface area contributed by atoms with E-state index in [1.807, 2.05) is 30.5 Å². The maximum Gasteiger partial charge on any atom is 0.255 e. The zero-order valence-corrected chi connectivity index (χ0v) is 13.9. The van der Waals surface area contributed by atoms with Crippen molar-refractivity contribution < 1.29 is 13.6 Å². The van der Waals surface area contributed by atoms with Crippen LogP contribution in [0.25, 0.3) is 0 Å². The Morgan fingerprint density at radius 2 is 1.84 bits per heavy atom. The molecule has 3 aromatic rings. The summed E-state index contributed by atoms with van der Waals surface area (Å²) in [6.45, 7) is 0. The molecule has 1 aromatic heterocycles. The lowest BCUT2D eigenvalue weighted by Gasteiger charge is -2.07. The molecule has 0 unspecified atom stereocenters. The molecule has 1 amide bonds. The first-order chi connectivity index (χ1) is 12.1. The molecule has 0 radical (unpaired) electrons. The van der Waals surface area contributed by atoms with E-state index in [1.54, 1.807) is 30.1 Å². The van der Waals surface area contributed by atoms with Gasteiger partial charge in [0, 0.05) is 34.3 Å². The van der Waals surface area contributed by atoms with E-state index in [2.05, 4.69) is 10.3 Å². The number of halogens is 2. The van der Waals surface area contributed by atoms with Crippen molar-refractivity contribution in [2.24, 2.45) is 0 Å². The minimum atomic E-state index is -1.05. The van der Waals surface area contributed by atoms with Crippen LogP contribution in [0.3, 0.4) is 0 Å². The van der Waals surface area contributed by atoms with Crippen LogP contribution < -0.4 is 5.32 Å². The monoisotopic (exact) mass is 356 g/mol. The maximum atomic E-state index is 13.2. The van der Waals surface area contributed by atoms with Crippen molar-refractivity contribution in [2.45, 2.75) is 10.6 Å². The van der Waals surface area contributed by atoms with E-state index in [0.717, 1.165) is 28.3 Å². The Bertz CT molecular complexity index is 870. The number of aromatic nitrogens is 1. The number of carbonyl (C=O) groups is 1. The topological polar surface area (TPSA) is 42.0 Å². The molecule has 0 fully saturated rings. The second-order valence-electron chi connectivity index (χ2n) is 5.26. The van der Waals surface area contributed by atoms with Crippen molar-refractivity contribution in [2.75, 3.05) is 5.32 Å². The molecular weight excluding hydrogens is 342 g/mol. The second-order valence-corrected chi connectivity index (χ2v) is 6.31. The quantitative estimate of drug-likeness (QED) is 0.661. The van der Waals surface area contributed by atoms with Crippen LogP contribution in [0.15, 0.2) is 71.9 Å². The van der Waals surface area contributed by atoms with Crippen molar-refractivity contribution in [1.82, 2.24) is 4.98 Å². The van der Waals surface area contributed by atoms with Gasteiger partial charge in [0.1, 0.15) is 0 Å². The second kappa shape index (κ2) is 7.90. The highest BCUT2D eigenvalue weighted by Crippen LogP contribution is 2.24. The predicted octanol–water partition coefficient (Wildman–Crippen LogP) is 4.90. The Balaban J connectivity index is 1.60. The zero-order chi connectivity index (χ0) is 17.6. The van der Waals surface area contributed by atoms with E-state index in [-0.39, 0.29) is 5.56 Å². The Hall–Kier alpha value is -2.73. The number of carbonyl (C=O) groups excluding carboxylic acids is 1. The summed E-state index contributed by atoms with van der Waals surface area (Å²) < 4.78 is 26.1. The minimum Gasteiger partial charge on any atom is -0.322 e. The van der Waals surface area contributed by atoms with Gasteiger partial charge >= 0.3 is 0 Å². The summed E-state index contributed by atoms with van der Waals surface area (Å²) in [4.78, 5) is 17.2. The molecule has 25 heavy (non-hydrogen) atoms. The molecular formula is C19H14F2N2OS. The number of nitrogens with zero attached hydrogens (tertiary/aromatic N) is 1. The van der Waals surface area contributed by atoms with Crippen molar-refractivity contribution in [1.29, 1.82) is 0 Å². The molecule has 0 spiro atoms. The third-order valence-electron chi connectivity index (χ3n) is 3.42. The van der Waals surface area contributed by atoms with Gasteiger partial charge < -0.3 is 5.32 Å².